The van der Waals surface area contributed by atoms with E-state index in [4.69, 9.17) is 0 Å². The monoisotopic (exact) mass is 242 g/mol. The van der Waals surface area contributed by atoms with Gasteiger partial charge in [0.25, 0.3) is 5.91 Å². The van der Waals surface area contributed by atoms with Crippen molar-refractivity contribution in [2.75, 3.05) is 6.54 Å². The van der Waals surface area contributed by atoms with Crippen molar-refractivity contribution in [1.82, 2.24) is 10.3 Å². The Labute approximate surface area is 107 Å². The number of rotatable bonds is 4. The van der Waals surface area contributed by atoms with Crippen molar-refractivity contribution in [1.29, 1.82) is 0 Å². The normalized spacial score (nSPS) is 16.7. The average Bonchev–Trinajstić information content (AvgIpc) is 3.07. The van der Waals surface area contributed by atoms with Gasteiger partial charge in [-0.2, -0.15) is 0 Å². The minimum atomic E-state index is 0.0344. The van der Waals surface area contributed by atoms with Crippen molar-refractivity contribution in [3.8, 4) is 0 Å². The average molecular weight is 242 g/mol. The predicted molar refractivity (Wildman–Crippen MR) is 72.6 cm³/mol. The van der Waals surface area contributed by atoms with E-state index in [0.717, 1.165) is 29.4 Å². The summed E-state index contributed by atoms with van der Waals surface area (Å²) in [6.07, 6.45) is 5.45. The maximum absolute atomic E-state index is 12.2. The van der Waals surface area contributed by atoms with Crippen molar-refractivity contribution in [2.24, 2.45) is 5.41 Å². The van der Waals surface area contributed by atoms with Crippen LogP contribution in [0.4, 0.5) is 0 Å². The van der Waals surface area contributed by atoms with E-state index < -0.39 is 0 Å². The Morgan fingerprint density at radius 1 is 1.39 bits per heavy atom. The second-order valence-electron chi connectivity index (χ2n) is 5.28. The van der Waals surface area contributed by atoms with Crippen LogP contribution in [0.25, 0.3) is 10.9 Å². The zero-order chi connectivity index (χ0) is 12.6. The molecule has 0 saturated heterocycles. The standard InChI is InChI=1S/C15H18N2O/c1-2-15(7-8-15)10-17-14(18)12-9-16-13-6-4-3-5-11(12)13/h3-6,9,16H,2,7-8,10H2,1H3,(H,17,18). The maximum atomic E-state index is 12.2. The number of para-hydroxylation sites is 1. The van der Waals surface area contributed by atoms with Crippen molar-refractivity contribution < 1.29 is 4.79 Å². The number of nitrogens with one attached hydrogen (secondary N) is 2. The van der Waals surface area contributed by atoms with Crippen LogP contribution in [0.15, 0.2) is 30.5 Å². The lowest BCUT2D eigenvalue weighted by atomic mass is 10.0. The molecule has 1 aliphatic rings. The SMILES string of the molecule is CCC1(CNC(=O)c2c[nH]c3ccccc23)CC1. The van der Waals surface area contributed by atoms with Gasteiger partial charge < -0.3 is 10.3 Å². The molecule has 2 aromatic rings. The highest BCUT2D eigenvalue weighted by Crippen LogP contribution is 2.47. The quantitative estimate of drug-likeness (QED) is 0.850. The van der Waals surface area contributed by atoms with Gasteiger partial charge in [-0.15, -0.1) is 0 Å². The van der Waals surface area contributed by atoms with Gasteiger partial charge in [-0.3, -0.25) is 4.79 Å². The Morgan fingerprint density at radius 3 is 2.89 bits per heavy atom. The molecule has 18 heavy (non-hydrogen) atoms. The lowest BCUT2D eigenvalue weighted by Gasteiger charge is -2.12. The fraction of sp³-hybridized carbons (Fsp3) is 0.400. The van der Waals surface area contributed by atoms with Crippen LogP contribution in [0.5, 0.6) is 0 Å². The number of amides is 1. The molecule has 1 aromatic heterocycles. The zero-order valence-corrected chi connectivity index (χ0v) is 10.6. The topological polar surface area (TPSA) is 44.9 Å². The Hall–Kier alpha value is -1.77. The maximum Gasteiger partial charge on any atom is 0.253 e. The molecule has 1 amide bonds. The number of aromatic amines is 1. The molecular formula is C15H18N2O. The number of carbonyl (C=O) groups is 1. The number of H-pyrrole nitrogens is 1. The fourth-order valence-electron chi connectivity index (χ4n) is 2.45. The molecule has 94 valence electrons. The van der Waals surface area contributed by atoms with Crippen LogP contribution in [0, 0.1) is 5.41 Å². The van der Waals surface area contributed by atoms with E-state index in [-0.39, 0.29) is 5.91 Å². The van der Waals surface area contributed by atoms with E-state index in [0.29, 0.717) is 5.41 Å². The summed E-state index contributed by atoms with van der Waals surface area (Å²) < 4.78 is 0. The Bertz CT molecular complexity index is 581. The van der Waals surface area contributed by atoms with E-state index in [1.54, 1.807) is 6.20 Å². The van der Waals surface area contributed by atoms with Gasteiger partial charge in [-0.1, -0.05) is 25.1 Å². The zero-order valence-electron chi connectivity index (χ0n) is 10.6. The highest BCUT2D eigenvalue weighted by Gasteiger charge is 2.40. The summed E-state index contributed by atoms with van der Waals surface area (Å²) in [4.78, 5) is 15.3. The van der Waals surface area contributed by atoms with Gasteiger partial charge in [0.15, 0.2) is 0 Å². The second kappa shape index (κ2) is 4.16. The van der Waals surface area contributed by atoms with Crippen LogP contribution in [-0.4, -0.2) is 17.4 Å². The molecule has 1 heterocycles. The third kappa shape index (κ3) is 1.90. The first-order chi connectivity index (χ1) is 8.74. The van der Waals surface area contributed by atoms with Gasteiger partial charge in [0.1, 0.15) is 0 Å². The van der Waals surface area contributed by atoms with Gasteiger partial charge in [0.05, 0.1) is 5.56 Å². The molecule has 0 radical (unpaired) electrons. The Kier molecular flexibility index (Phi) is 2.62. The number of aromatic nitrogens is 1. The van der Waals surface area contributed by atoms with Crippen LogP contribution in [0.1, 0.15) is 36.5 Å². The van der Waals surface area contributed by atoms with Crippen LogP contribution in [0.3, 0.4) is 0 Å². The molecule has 0 spiro atoms. The molecule has 3 heteroatoms. The summed E-state index contributed by atoms with van der Waals surface area (Å²) in [5.74, 6) is 0.0344. The highest BCUT2D eigenvalue weighted by atomic mass is 16.1. The molecular weight excluding hydrogens is 224 g/mol. The number of carbonyl (C=O) groups excluding carboxylic acids is 1. The van der Waals surface area contributed by atoms with Crippen LogP contribution < -0.4 is 5.32 Å². The van der Waals surface area contributed by atoms with Gasteiger partial charge in [-0.25, -0.2) is 0 Å². The van der Waals surface area contributed by atoms with E-state index >= 15 is 0 Å². The van der Waals surface area contributed by atoms with E-state index in [9.17, 15) is 4.79 Å². The molecule has 1 aromatic carbocycles. The molecule has 1 fully saturated rings. The minimum absolute atomic E-state index is 0.0344. The smallest absolute Gasteiger partial charge is 0.253 e. The van der Waals surface area contributed by atoms with Gasteiger partial charge in [0.2, 0.25) is 0 Å². The van der Waals surface area contributed by atoms with Crippen LogP contribution >= 0.6 is 0 Å². The minimum Gasteiger partial charge on any atom is -0.360 e. The lowest BCUT2D eigenvalue weighted by molar-refractivity contribution is 0.0946. The number of fused-ring (bicyclic) bond motifs is 1. The molecule has 0 aliphatic heterocycles. The van der Waals surface area contributed by atoms with Gasteiger partial charge in [-0.05, 0) is 30.7 Å². The third-order valence-electron chi connectivity index (χ3n) is 4.16. The Morgan fingerprint density at radius 2 is 2.17 bits per heavy atom. The van der Waals surface area contributed by atoms with Gasteiger partial charge >= 0.3 is 0 Å². The molecule has 1 saturated carbocycles. The van der Waals surface area contributed by atoms with Crippen molar-refractivity contribution in [3.05, 3.63) is 36.0 Å². The predicted octanol–water partition coefficient (Wildman–Crippen LogP) is 3.09. The first kappa shape index (κ1) is 11.3. The van der Waals surface area contributed by atoms with E-state index in [1.165, 1.54) is 12.8 Å². The number of hydrogen-bond donors (Lipinski definition) is 2. The van der Waals surface area contributed by atoms with Crippen molar-refractivity contribution >= 4 is 16.8 Å². The third-order valence-corrected chi connectivity index (χ3v) is 4.16. The van der Waals surface area contributed by atoms with Gasteiger partial charge in [0, 0.05) is 23.6 Å². The van der Waals surface area contributed by atoms with Crippen molar-refractivity contribution in [3.63, 3.8) is 0 Å². The molecule has 2 N–H and O–H groups in total. The number of benzene rings is 1. The summed E-state index contributed by atoms with van der Waals surface area (Å²) in [7, 11) is 0. The highest BCUT2D eigenvalue weighted by molar-refractivity contribution is 6.06. The molecule has 0 unspecified atom stereocenters. The first-order valence-corrected chi connectivity index (χ1v) is 6.58. The largest absolute Gasteiger partial charge is 0.360 e. The second-order valence-corrected chi connectivity index (χ2v) is 5.28. The molecule has 3 nitrogen and oxygen atoms in total. The number of hydrogen-bond acceptors (Lipinski definition) is 1. The molecule has 3 rings (SSSR count). The summed E-state index contributed by atoms with van der Waals surface area (Å²) >= 11 is 0. The van der Waals surface area contributed by atoms with Crippen LogP contribution in [0.2, 0.25) is 0 Å². The van der Waals surface area contributed by atoms with E-state index in [1.807, 2.05) is 24.3 Å². The molecule has 0 atom stereocenters. The van der Waals surface area contributed by atoms with E-state index in [2.05, 4.69) is 17.2 Å². The fourth-order valence-corrected chi connectivity index (χ4v) is 2.45. The first-order valence-electron chi connectivity index (χ1n) is 6.58. The molecule has 1 aliphatic carbocycles. The summed E-state index contributed by atoms with van der Waals surface area (Å²) in [5, 5.41) is 4.07. The summed E-state index contributed by atoms with van der Waals surface area (Å²) in [5.41, 5.74) is 2.15. The lowest BCUT2D eigenvalue weighted by Crippen LogP contribution is -2.29. The summed E-state index contributed by atoms with van der Waals surface area (Å²) in [6.45, 7) is 3.01. The summed E-state index contributed by atoms with van der Waals surface area (Å²) in [6, 6.07) is 7.90. The molecule has 0 bridgehead atoms. The van der Waals surface area contributed by atoms with Crippen molar-refractivity contribution in [2.45, 2.75) is 26.2 Å². The Balaban J connectivity index is 1.76. The van der Waals surface area contributed by atoms with Crippen LogP contribution in [-0.2, 0) is 0 Å².